The predicted molar refractivity (Wildman–Crippen MR) is 85.3 cm³/mol. The van der Waals surface area contributed by atoms with Gasteiger partial charge in [-0.2, -0.15) is 0 Å². The van der Waals surface area contributed by atoms with Gasteiger partial charge in [0.2, 0.25) is 5.91 Å². The second kappa shape index (κ2) is 7.90. The lowest BCUT2D eigenvalue weighted by atomic mass is 10.1. The Morgan fingerprint density at radius 2 is 1.95 bits per heavy atom. The van der Waals surface area contributed by atoms with Gasteiger partial charge in [0.15, 0.2) is 0 Å². The number of hydrogen-bond acceptors (Lipinski definition) is 6. The number of carbonyl (C=O) groups is 3. The van der Waals surface area contributed by atoms with Crippen LogP contribution < -0.4 is 11.1 Å². The van der Waals surface area contributed by atoms with E-state index >= 15 is 0 Å². The van der Waals surface area contributed by atoms with Crippen molar-refractivity contribution >= 4 is 34.1 Å². The van der Waals surface area contributed by atoms with Crippen LogP contribution in [0.2, 0.25) is 0 Å². The van der Waals surface area contributed by atoms with Crippen molar-refractivity contribution in [1.82, 2.24) is 4.90 Å². The summed E-state index contributed by atoms with van der Waals surface area (Å²) in [5.41, 5.74) is 6.07. The van der Waals surface area contributed by atoms with E-state index < -0.39 is 5.97 Å². The van der Waals surface area contributed by atoms with E-state index in [1.807, 2.05) is 0 Å². The van der Waals surface area contributed by atoms with Gasteiger partial charge in [-0.1, -0.05) is 0 Å². The zero-order chi connectivity index (χ0) is 16.9. The highest BCUT2D eigenvalue weighted by Crippen LogP contribution is 2.34. The quantitative estimate of drug-likeness (QED) is 0.765. The molecule has 0 unspecified atom stereocenters. The lowest BCUT2D eigenvalue weighted by Crippen LogP contribution is -2.21. The number of nitrogens with one attached hydrogen (secondary N) is 1. The zero-order valence-electron chi connectivity index (χ0n) is 13.2. The summed E-state index contributed by atoms with van der Waals surface area (Å²) >= 11 is 1.07. The van der Waals surface area contributed by atoms with Crippen molar-refractivity contribution in [3.63, 3.8) is 0 Å². The van der Waals surface area contributed by atoms with E-state index in [9.17, 15) is 14.4 Å². The fourth-order valence-electron chi connectivity index (χ4n) is 1.78. The van der Waals surface area contributed by atoms with E-state index in [1.165, 1.54) is 4.90 Å². The predicted octanol–water partition coefficient (Wildman–Crippen LogP) is 1.22. The van der Waals surface area contributed by atoms with Crippen LogP contribution in [-0.4, -0.2) is 49.9 Å². The summed E-state index contributed by atoms with van der Waals surface area (Å²) in [5, 5.41) is 2.95. The SMILES string of the molecule is CCOC(=O)c1c(NC(=O)CCN)sc(C(=O)N(C)C)c1C. The number of esters is 1. The van der Waals surface area contributed by atoms with Gasteiger partial charge in [-0.15, -0.1) is 11.3 Å². The van der Waals surface area contributed by atoms with Crippen LogP contribution in [0.3, 0.4) is 0 Å². The molecule has 0 aliphatic rings. The first-order chi connectivity index (χ1) is 10.3. The van der Waals surface area contributed by atoms with Crippen LogP contribution in [0, 0.1) is 6.92 Å². The largest absolute Gasteiger partial charge is 0.462 e. The first-order valence-electron chi connectivity index (χ1n) is 6.85. The van der Waals surface area contributed by atoms with E-state index in [4.69, 9.17) is 10.5 Å². The third kappa shape index (κ3) is 4.05. The second-order valence-electron chi connectivity index (χ2n) is 4.77. The third-order valence-corrected chi connectivity index (χ3v) is 4.05. The number of nitrogens with zero attached hydrogens (tertiary/aromatic N) is 1. The molecule has 122 valence electrons. The molecule has 1 rings (SSSR count). The average Bonchev–Trinajstić information content (AvgIpc) is 2.74. The Labute approximate surface area is 133 Å². The minimum Gasteiger partial charge on any atom is -0.462 e. The van der Waals surface area contributed by atoms with Gasteiger partial charge in [-0.3, -0.25) is 9.59 Å². The van der Waals surface area contributed by atoms with E-state index in [1.54, 1.807) is 27.9 Å². The Hall–Kier alpha value is -1.93. The molecular weight excluding hydrogens is 306 g/mol. The molecule has 3 N–H and O–H groups in total. The maximum absolute atomic E-state index is 12.2. The average molecular weight is 327 g/mol. The molecule has 0 aliphatic heterocycles. The van der Waals surface area contributed by atoms with E-state index in [-0.39, 0.29) is 37.0 Å². The Morgan fingerprint density at radius 3 is 2.45 bits per heavy atom. The van der Waals surface area contributed by atoms with Crippen molar-refractivity contribution in [2.45, 2.75) is 20.3 Å². The zero-order valence-corrected chi connectivity index (χ0v) is 14.0. The summed E-state index contributed by atoms with van der Waals surface area (Å²) in [6.07, 6.45) is 0.135. The highest BCUT2D eigenvalue weighted by molar-refractivity contribution is 7.18. The third-order valence-electron chi connectivity index (χ3n) is 2.85. The minimum atomic E-state index is -0.558. The molecule has 0 saturated heterocycles. The van der Waals surface area contributed by atoms with E-state index in [0.717, 1.165) is 11.3 Å². The number of ether oxygens (including phenoxy) is 1. The number of carbonyl (C=O) groups excluding carboxylic acids is 3. The van der Waals surface area contributed by atoms with Crippen molar-refractivity contribution in [3.8, 4) is 0 Å². The highest BCUT2D eigenvalue weighted by atomic mass is 32.1. The molecule has 0 atom stereocenters. The standard InChI is InChI=1S/C14H21N3O4S/c1-5-21-14(20)10-8(2)11(13(19)17(3)4)22-12(10)16-9(18)6-7-15/h5-7,15H2,1-4H3,(H,16,18). The van der Waals surface area contributed by atoms with Crippen LogP contribution in [0.1, 0.15) is 38.9 Å². The fraction of sp³-hybridized carbons (Fsp3) is 0.500. The van der Waals surface area contributed by atoms with Gasteiger partial charge in [-0.05, 0) is 19.4 Å². The minimum absolute atomic E-state index is 0.135. The maximum atomic E-state index is 12.2. The molecule has 22 heavy (non-hydrogen) atoms. The molecule has 0 radical (unpaired) electrons. The summed E-state index contributed by atoms with van der Waals surface area (Å²) in [5.74, 6) is -1.09. The number of amides is 2. The summed E-state index contributed by atoms with van der Waals surface area (Å²) in [6.45, 7) is 3.77. The fourth-order valence-corrected chi connectivity index (χ4v) is 3.01. The topological polar surface area (TPSA) is 102 Å². The lowest BCUT2D eigenvalue weighted by molar-refractivity contribution is -0.116. The Kier molecular flexibility index (Phi) is 6.51. The van der Waals surface area contributed by atoms with Crippen molar-refractivity contribution in [2.24, 2.45) is 5.73 Å². The Morgan fingerprint density at radius 1 is 1.32 bits per heavy atom. The van der Waals surface area contributed by atoms with Gasteiger partial charge in [0.05, 0.1) is 17.0 Å². The molecule has 0 aliphatic carbocycles. The Bertz CT molecular complexity index is 581. The number of thiophene rings is 1. The molecule has 1 heterocycles. The maximum Gasteiger partial charge on any atom is 0.341 e. The molecule has 0 aromatic carbocycles. The van der Waals surface area contributed by atoms with E-state index in [2.05, 4.69) is 5.32 Å². The molecule has 1 aromatic rings. The summed E-state index contributed by atoms with van der Waals surface area (Å²) in [4.78, 5) is 37.8. The molecule has 0 spiro atoms. The molecule has 0 saturated carbocycles. The second-order valence-corrected chi connectivity index (χ2v) is 5.79. The molecule has 0 bridgehead atoms. The van der Waals surface area contributed by atoms with Crippen LogP contribution in [0.15, 0.2) is 0 Å². The first kappa shape index (κ1) is 18.1. The molecule has 2 amide bonds. The monoisotopic (exact) mass is 327 g/mol. The van der Waals surface area contributed by atoms with Gasteiger partial charge < -0.3 is 20.7 Å². The molecule has 0 fully saturated rings. The summed E-state index contributed by atoms with van der Waals surface area (Å²) in [6, 6.07) is 0. The summed E-state index contributed by atoms with van der Waals surface area (Å²) < 4.78 is 5.01. The van der Waals surface area contributed by atoms with Crippen LogP contribution in [0.25, 0.3) is 0 Å². The van der Waals surface area contributed by atoms with Crippen molar-refractivity contribution < 1.29 is 19.1 Å². The molecule has 7 nitrogen and oxygen atoms in total. The number of rotatable bonds is 6. The Balaban J connectivity index is 3.27. The lowest BCUT2D eigenvalue weighted by Gasteiger charge is -2.09. The normalized spacial score (nSPS) is 10.2. The summed E-state index contributed by atoms with van der Waals surface area (Å²) in [7, 11) is 3.25. The van der Waals surface area contributed by atoms with Crippen LogP contribution in [0.5, 0.6) is 0 Å². The van der Waals surface area contributed by atoms with Crippen LogP contribution in [-0.2, 0) is 9.53 Å². The molecule has 8 heteroatoms. The number of hydrogen-bond donors (Lipinski definition) is 2. The molecule has 1 aromatic heterocycles. The van der Waals surface area contributed by atoms with Gasteiger partial charge >= 0.3 is 5.97 Å². The smallest absolute Gasteiger partial charge is 0.341 e. The van der Waals surface area contributed by atoms with Crippen LogP contribution in [0.4, 0.5) is 5.00 Å². The van der Waals surface area contributed by atoms with Gasteiger partial charge in [0.25, 0.3) is 5.91 Å². The highest BCUT2D eigenvalue weighted by Gasteiger charge is 2.27. The van der Waals surface area contributed by atoms with E-state index in [0.29, 0.717) is 15.4 Å². The van der Waals surface area contributed by atoms with Crippen molar-refractivity contribution in [2.75, 3.05) is 32.6 Å². The van der Waals surface area contributed by atoms with Gasteiger partial charge in [0.1, 0.15) is 5.00 Å². The van der Waals surface area contributed by atoms with Crippen molar-refractivity contribution in [1.29, 1.82) is 0 Å². The van der Waals surface area contributed by atoms with Gasteiger partial charge in [0, 0.05) is 27.1 Å². The van der Waals surface area contributed by atoms with Crippen molar-refractivity contribution in [3.05, 3.63) is 16.0 Å². The first-order valence-corrected chi connectivity index (χ1v) is 7.67. The number of anilines is 1. The number of nitrogens with two attached hydrogens (primary N) is 1. The van der Waals surface area contributed by atoms with Crippen LogP contribution >= 0.6 is 11.3 Å². The molecular formula is C14H21N3O4S. The van der Waals surface area contributed by atoms with Gasteiger partial charge in [-0.25, -0.2) is 4.79 Å².